The Bertz CT molecular complexity index is 1140. The minimum absolute atomic E-state index is 0.170. The SMILES string of the molecule is CC(C)(C)c1cc(SC(F)(F)F)c(C(=O)Nc2cccc3cccnc23)c(SC(F)(F)F)c1. The van der Waals surface area contributed by atoms with Gasteiger partial charge in [0, 0.05) is 21.4 Å². The van der Waals surface area contributed by atoms with Crippen LogP contribution in [0, 0.1) is 0 Å². The minimum Gasteiger partial charge on any atom is -0.320 e. The third kappa shape index (κ3) is 6.57. The number of pyridine rings is 1. The van der Waals surface area contributed by atoms with E-state index in [0.717, 1.165) is 12.1 Å². The third-order valence-electron chi connectivity index (χ3n) is 4.49. The average molecular weight is 505 g/mol. The maximum Gasteiger partial charge on any atom is 0.446 e. The van der Waals surface area contributed by atoms with Gasteiger partial charge in [0.25, 0.3) is 5.91 Å². The number of hydrogen-bond donors (Lipinski definition) is 1. The van der Waals surface area contributed by atoms with E-state index in [1.165, 1.54) is 12.3 Å². The Hall–Kier alpha value is -2.40. The van der Waals surface area contributed by atoms with Gasteiger partial charge in [0.2, 0.25) is 0 Å². The fraction of sp³-hybridized carbons (Fsp3) is 0.273. The van der Waals surface area contributed by atoms with Gasteiger partial charge < -0.3 is 5.32 Å². The molecule has 2 aromatic carbocycles. The molecule has 0 aliphatic heterocycles. The largest absolute Gasteiger partial charge is 0.446 e. The van der Waals surface area contributed by atoms with E-state index in [-0.39, 0.29) is 11.3 Å². The van der Waals surface area contributed by atoms with E-state index in [1.54, 1.807) is 45.0 Å². The molecule has 0 radical (unpaired) electrons. The lowest BCUT2D eigenvalue weighted by Crippen LogP contribution is -2.19. The Morgan fingerprint density at radius 1 is 0.879 bits per heavy atom. The van der Waals surface area contributed by atoms with E-state index in [4.69, 9.17) is 0 Å². The van der Waals surface area contributed by atoms with Crippen LogP contribution in [-0.4, -0.2) is 21.9 Å². The number of nitrogens with zero attached hydrogens (tertiary/aromatic N) is 1. The molecule has 0 bridgehead atoms. The van der Waals surface area contributed by atoms with Crippen LogP contribution in [-0.2, 0) is 5.41 Å². The molecule has 1 aromatic heterocycles. The zero-order valence-corrected chi connectivity index (χ0v) is 19.2. The third-order valence-corrected chi connectivity index (χ3v) is 6.04. The van der Waals surface area contributed by atoms with Crippen LogP contribution in [0.15, 0.2) is 58.5 Å². The van der Waals surface area contributed by atoms with Crippen LogP contribution < -0.4 is 5.32 Å². The topological polar surface area (TPSA) is 42.0 Å². The van der Waals surface area contributed by atoms with E-state index < -0.39 is 61.2 Å². The maximum atomic E-state index is 13.3. The van der Waals surface area contributed by atoms with Gasteiger partial charge in [0.1, 0.15) is 0 Å². The maximum absolute atomic E-state index is 13.3. The molecule has 1 N–H and O–H groups in total. The lowest BCUT2D eigenvalue weighted by Gasteiger charge is -2.24. The van der Waals surface area contributed by atoms with Gasteiger partial charge in [-0.3, -0.25) is 9.78 Å². The van der Waals surface area contributed by atoms with E-state index in [9.17, 15) is 31.1 Å². The standard InChI is InChI=1S/C22H18F6N2OS2/c1-20(2,3)13-10-15(32-21(23,24)25)17(16(11-13)33-22(26,27)28)19(31)30-14-8-4-6-12-7-5-9-29-18(12)14/h4-11H,1-3H3,(H,30,31). The molecule has 0 aliphatic rings. The summed E-state index contributed by atoms with van der Waals surface area (Å²) in [4.78, 5) is 16.1. The molecule has 1 amide bonds. The van der Waals surface area contributed by atoms with Crippen LogP contribution in [0.1, 0.15) is 36.7 Å². The molecule has 3 nitrogen and oxygen atoms in total. The van der Waals surface area contributed by atoms with Gasteiger partial charge in [0.15, 0.2) is 0 Å². The molecular formula is C22H18F6N2OS2. The quantitative estimate of drug-likeness (QED) is 0.289. The van der Waals surface area contributed by atoms with E-state index >= 15 is 0 Å². The molecule has 0 atom stereocenters. The highest BCUT2D eigenvalue weighted by Gasteiger charge is 2.37. The highest BCUT2D eigenvalue weighted by molar-refractivity contribution is 8.01. The fourth-order valence-corrected chi connectivity index (χ4v) is 4.59. The number of anilines is 1. The van der Waals surface area contributed by atoms with Crippen molar-refractivity contribution in [2.24, 2.45) is 0 Å². The van der Waals surface area contributed by atoms with E-state index in [0.29, 0.717) is 10.9 Å². The predicted molar refractivity (Wildman–Crippen MR) is 119 cm³/mol. The van der Waals surface area contributed by atoms with Gasteiger partial charge >= 0.3 is 11.0 Å². The summed E-state index contributed by atoms with van der Waals surface area (Å²) < 4.78 is 79.9. The van der Waals surface area contributed by atoms with Crippen LogP contribution in [0.4, 0.5) is 32.0 Å². The summed E-state index contributed by atoms with van der Waals surface area (Å²) in [5.41, 5.74) is -10.3. The lowest BCUT2D eigenvalue weighted by atomic mass is 9.86. The van der Waals surface area contributed by atoms with Crippen LogP contribution >= 0.6 is 23.5 Å². The highest BCUT2D eigenvalue weighted by Crippen LogP contribution is 2.47. The number of carbonyl (C=O) groups excluding carboxylic acids is 1. The molecule has 0 saturated heterocycles. The summed E-state index contributed by atoms with van der Waals surface area (Å²) in [5, 5.41) is 3.10. The van der Waals surface area contributed by atoms with E-state index in [2.05, 4.69) is 10.3 Å². The number of halogens is 6. The number of fused-ring (bicyclic) bond motifs is 1. The zero-order valence-electron chi connectivity index (χ0n) is 17.6. The van der Waals surface area contributed by atoms with Crippen LogP contribution in [0.3, 0.4) is 0 Å². The van der Waals surface area contributed by atoms with Crippen molar-refractivity contribution in [2.45, 2.75) is 47.0 Å². The molecule has 176 valence electrons. The van der Waals surface area contributed by atoms with Crippen molar-refractivity contribution in [3.63, 3.8) is 0 Å². The summed E-state index contributed by atoms with van der Waals surface area (Å²) in [7, 11) is 0. The first-order chi connectivity index (χ1) is 15.1. The molecule has 1 heterocycles. The molecule has 11 heteroatoms. The smallest absolute Gasteiger partial charge is 0.320 e. The second-order valence-corrected chi connectivity index (χ2v) is 10.2. The van der Waals surface area contributed by atoms with Crippen molar-refractivity contribution in [2.75, 3.05) is 5.32 Å². The molecular weight excluding hydrogens is 486 g/mol. The van der Waals surface area contributed by atoms with Crippen molar-refractivity contribution in [3.8, 4) is 0 Å². The molecule has 3 rings (SSSR count). The van der Waals surface area contributed by atoms with Crippen molar-refractivity contribution in [1.29, 1.82) is 0 Å². The molecule has 33 heavy (non-hydrogen) atoms. The Kier molecular flexibility index (Phi) is 6.95. The van der Waals surface area contributed by atoms with Gasteiger partial charge in [-0.05, 0) is 58.8 Å². The van der Waals surface area contributed by atoms with Crippen molar-refractivity contribution in [3.05, 3.63) is 59.8 Å². The summed E-state index contributed by atoms with van der Waals surface area (Å²) in [6.45, 7) is 4.98. The normalized spacial score (nSPS) is 12.8. The van der Waals surface area contributed by atoms with Gasteiger partial charge in [-0.2, -0.15) is 26.3 Å². The zero-order chi connectivity index (χ0) is 24.6. The Labute approximate surface area is 194 Å². The second-order valence-electron chi connectivity index (χ2n) is 8.03. The number of thioether (sulfide) groups is 2. The summed E-state index contributed by atoms with van der Waals surface area (Å²) in [5.74, 6) is -1.09. The average Bonchev–Trinajstić information content (AvgIpc) is 2.64. The van der Waals surface area contributed by atoms with Crippen molar-refractivity contribution >= 4 is 46.0 Å². The summed E-state index contributed by atoms with van der Waals surface area (Å²) in [6.07, 6.45) is 1.46. The van der Waals surface area contributed by atoms with Crippen molar-refractivity contribution < 1.29 is 31.1 Å². The number of para-hydroxylation sites is 1. The monoisotopic (exact) mass is 504 g/mol. The van der Waals surface area contributed by atoms with Gasteiger partial charge in [0.05, 0.1) is 16.8 Å². The number of aromatic nitrogens is 1. The molecule has 0 aliphatic carbocycles. The number of hydrogen-bond acceptors (Lipinski definition) is 4. The Morgan fingerprint density at radius 3 is 1.94 bits per heavy atom. The number of rotatable bonds is 4. The van der Waals surface area contributed by atoms with Gasteiger partial charge in [-0.15, -0.1) is 0 Å². The minimum atomic E-state index is -4.81. The lowest BCUT2D eigenvalue weighted by molar-refractivity contribution is -0.0334. The fourth-order valence-electron chi connectivity index (χ4n) is 3.05. The number of amides is 1. The first-order valence-electron chi connectivity index (χ1n) is 9.49. The van der Waals surface area contributed by atoms with Crippen molar-refractivity contribution in [1.82, 2.24) is 4.98 Å². The number of alkyl halides is 6. The predicted octanol–water partition coefficient (Wildman–Crippen LogP) is 8.01. The van der Waals surface area contributed by atoms with Crippen LogP contribution in [0.5, 0.6) is 0 Å². The van der Waals surface area contributed by atoms with Crippen LogP contribution in [0.2, 0.25) is 0 Å². The number of carbonyl (C=O) groups is 1. The van der Waals surface area contributed by atoms with E-state index in [1.807, 2.05) is 0 Å². The molecule has 3 aromatic rings. The molecule has 0 fully saturated rings. The molecule has 0 saturated carbocycles. The molecule has 0 unspecified atom stereocenters. The highest BCUT2D eigenvalue weighted by atomic mass is 32.2. The Balaban J connectivity index is 2.18. The summed E-state index contributed by atoms with van der Waals surface area (Å²) in [6, 6.07) is 10.4. The van der Waals surface area contributed by atoms with Crippen LogP contribution in [0.25, 0.3) is 10.9 Å². The van der Waals surface area contributed by atoms with Gasteiger partial charge in [-0.1, -0.05) is 39.0 Å². The van der Waals surface area contributed by atoms with Gasteiger partial charge in [-0.25, -0.2) is 0 Å². The first kappa shape index (κ1) is 25.2. The number of nitrogens with one attached hydrogen (secondary N) is 1. The first-order valence-corrected chi connectivity index (χ1v) is 11.1. The molecule has 0 spiro atoms. The number of benzene rings is 2. The summed E-state index contributed by atoms with van der Waals surface area (Å²) >= 11 is -1.23. The second kappa shape index (κ2) is 9.09. The Morgan fingerprint density at radius 2 is 1.42 bits per heavy atom.